The third-order valence-corrected chi connectivity index (χ3v) is 4.83. The predicted molar refractivity (Wildman–Crippen MR) is 77.4 cm³/mol. The van der Waals surface area contributed by atoms with Crippen LogP contribution in [0.3, 0.4) is 0 Å². The monoisotopic (exact) mass is 388 g/mol. The van der Waals surface area contributed by atoms with Crippen LogP contribution < -0.4 is 0 Å². The average Bonchev–Trinajstić information content (AvgIpc) is 2.27. The molecule has 0 aliphatic carbocycles. The van der Waals surface area contributed by atoms with Gasteiger partial charge < -0.3 is 4.74 Å². The van der Waals surface area contributed by atoms with Gasteiger partial charge in [0.2, 0.25) is 0 Å². The fraction of sp³-hybridized carbons (Fsp3) is 0.364. The van der Waals surface area contributed by atoms with Crippen molar-refractivity contribution in [2.45, 2.75) is 24.7 Å². The minimum absolute atomic E-state index is 0.0276. The minimum atomic E-state index is -3.97. The van der Waals surface area contributed by atoms with Crippen molar-refractivity contribution < 1.29 is 17.9 Å². The molecular weight excluding hydrogens is 379 g/mol. The second-order valence-electron chi connectivity index (χ2n) is 3.69. The maximum Gasteiger partial charge on any atom is 0.339 e. The lowest BCUT2D eigenvalue weighted by atomic mass is 10.2. The van der Waals surface area contributed by atoms with Crippen molar-refractivity contribution in [3.05, 3.63) is 27.2 Å². The molecule has 0 aliphatic heterocycles. The van der Waals surface area contributed by atoms with E-state index in [0.29, 0.717) is 0 Å². The molecule has 0 heterocycles. The van der Waals surface area contributed by atoms with Gasteiger partial charge in [0.15, 0.2) is 0 Å². The summed E-state index contributed by atoms with van der Waals surface area (Å²) in [5, 5.41) is 0.0949. The third kappa shape index (κ3) is 4.63. The van der Waals surface area contributed by atoms with Crippen molar-refractivity contribution in [2.24, 2.45) is 0 Å². The fourth-order valence-electron chi connectivity index (χ4n) is 1.26. The van der Waals surface area contributed by atoms with Crippen LogP contribution in [-0.4, -0.2) is 21.0 Å². The van der Waals surface area contributed by atoms with Gasteiger partial charge in [-0.2, -0.15) is 0 Å². The SMILES string of the molecule is CCCCOC(=O)c1cc(S(=O)(=O)Cl)c(Br)cc1Cl. The summed E-state index contributed by atoms with van der Waals surface area (Å²) < 4.78 is 27.9. The van der Waals surface area contributed by atoms with Crippen LogP contribution >= 0.6 is 38.2 Å². The molecule has 0 aliphatic rings. The molecule has 0 spiro atoms. The van der Waals surface area contributed by atoms with Gasteiger partial charge in [-0.1, -0.05) is 24.9 Å². The van der Waals surface area contributed by atoms with Crippen LogP contribution in [-0.2, 0) is 13.8 Å². The Balaban J connectivity index is 3.11. The number of carbonyl (C=O) groups is 1. The maximum atomic E-state index is 11.8. The highest BCUT2D eigenvalue weighted by Crippen LogP contribution is 2.31. The van der Waals surface area contributed by atoms with Crippen LogP contribution in [0.1, 0.15) is 30.1 Å². The lowest BCUT2D eigenvalue weighted by Gasteiger charge is -2.08. The maximum absolute atomic E-state index is 11.8. The Kier molecular flexibility index (Phi) is 6.11. The Labute approximate surface area is 129 Å². The molecule has 0 atom stereocenters. The normalized spacial score (nSPS) is 11.4. The van der Waals surface area contributed by atoms with Crippen LogP contribution in [0.2, 0.25) is 5.02 Å². The van der Waals surface area contributed by atoms with E-state index in [9.17, 15) is 13.2 Å². The van der Waals surface area contributed by atoms with Gasteiger partial charge in [0.25, 0.3) is 9.05 Å². The summed E-state index contributed by atoms with van der Waals surface area (Å²) in [6, 6.07) is 2.40. The quantitative estimate of drug-likeness (QED) is 0.434. The van der Waals surface area contributed by atoms with Gasteiger partial charge in [0, 0.05) is 15.2 Å². The fourth-order valence-corrected chi connectivity index (χ4v) is 3.83. The van der Waals surface area contributed by atoms with Crippen molar-refractivity contribution in [1.82, 2.24) is 0 Å². The van der Waals surface area contributed by atoms with Gasteiger partial charge in [0.1, 0.15) is 0 Å². The molecule has 4 nitrogen and oxygen atoms in total. The Hall–Kier alpha value is -0.300. The number of esters is 1. The summed E-state index contributed by atoms with van der Waals surface area (Å²) in [5.74, 6) is -0.674. The Morgan fingerprint density at radius 3 is 2.58 bits per heavy atom. The summed E-state index contributed by atoms with van der Waals surface area (Å²) in [6.07, 6.45) is 1.60. The second-order valence-corrected chi connectivity index (χ2v) is 7.49. The molecule has 106 valence electrons. The number of rotatable bonds is 5. The van der Waals surface area contributed by atoms with Gasteiger partial charge in [-0.15, -0.1) is 0 Å². The van der Waals surface area contributed by atoms with E-state index in [-0.39, 0.29) is 26.6 Å². The molecule has 19 heavy (non-hydrogen) atoms. The van der Waals surface area contributed by atoms with Crippen molar-refractivity contribution >= 4 is 53.2 Å². The van der Waals surface area contributed by atoms with Crippen LogP contribution in [0.5, 0.6) is 0 Å². The molecule has 0 aromatic heterocycles. The zero-order valence-electron chi connectivity index (χ0n) is 9.95. The first-order chi connectivity index (χ1) is 8.77. The molecule has 0 unspecified atom stereocenters. The molecular formula is C11H11BrCl2O4S. The molecule has 0 saturated carbocycles. The number of ether oxygens (including phenoxy) is 1. The molecule has 0 fully saturated rings. The first-order valence-electron chi connectivity index (χ1n) is 5.38. The molecule has 1 aromatic carbocycles. The van der Waals surface area contributed by atoms with Gasteiger partial charge in [-0.3, -0.25) is 0 Å². The number of unbranched alkanes of at least 4 members (excludes halogenated alkanes) is 1. The molecule has 1 aromatic rings. The summed E-state index contributed by atoms with van der Waals surface area (Å²) in [7, 11) is 1.29. The van der Waals surface area contributed by atoms with Gasteiger partial charge in [-0.05, 0) is 34.5 Å². The highest BCUT2D eigenvalue weighted by atomic mass is 79.9. The average molecular weight is 390 g/mol. The van der Waals surface area contributed by atoms with E-state index in [4.69, 9.17) is 27.0 Å². The molecule has 1 rings (SSSR count). The zero-order chi connectivity index (χ0) is 14.6. The lowest BCUT2D eigenvalue weighted by Crippen LogP contribution is -2.08. The summed E-state index contributed by atoms with van der Waals surface area (Å²) in [6.45, 7) is 2.21. The molecule has 0 radical (unpaired) electrons. The van der Waals surface area contributed by atoms with E-state index in [1.807, 2.05) is 6.92 Å². The molecule has 0 amide bonds. The summed E-state index contributed by atoms with van der Waals surface area (Å²) in [4.78, 5) is 11.5. The van der Waals surface area contributed by atoms with Crippen LogP contribution in [0, 0.1) is 0 Å². The number of carbonyl (C=O) groups excluding carboxylic acids is 1. The van der Waals surface area contributed by atoms with Crippen molar-refractivity contribution in [1.29, 1.82) is 0 Å². The number of halogens is 3. The first-order valence-corrected chi connectivity index (χ1v) is 8.86. The first kappa shape index (κ1) is 16.8. The van der Waals surface area contributed by atoms with Gasteiger partial charge in [0.05, 0.1) is 22.1 Å². The van der Waals surface area contributed by atoms with E-state index in [0.717, 1.165) is 18.9 Å². The largest absolute Gasteiger partial charge is 0.462 e. The molecule has 0 saturated heterocycles. The van der Waals surface area contributed by atoms with E-state index in [1.54, 1.807) is 0 Å². The van der Waals surface area contributed by atoms with Crippen molar-refractivity contribution in [3.63, 3.8) is 0 Å². The number of hydrogen-bond donors (Lipinski definition) is 0. The van der Waals surface area contributed by atoms with E-state index < -0.39 is 15.0 Å². The summed E-state index contributed by atoms with van der Waals surface area (Å²) in [5.41, 5.74) is -0.0276. The van der Waals surface area contributed by atoms with Crippen LogP contribution in [0.25, 0.3) is 0 Å². The Morgan fingerprint density at radius 1 is 1.42 bits per heavy atom. The lowest BCUT2D eigenvalue weighted by molar-refractivity contribution is 0.0499. The van der Waals surface area contributed by atoms with Gasteiger partial charge >= 0.3 is 5.97 Å². The van der Waals surface area contributed by atoms with Crippen LogP contribution in [0.4, 0.5) is 0 Å². The van der Waals surface area contributed by atoms with Gasteiger partial charge in [-0.25, -0.2) is 13.2 Å². The highest BCUT2D eigenvalue weighted by molar-refractivity contribution is 9.10. The van der Waals surface area contributed by atoms with Crippen LogP contribution in [0.15, 0.2) is 21.5 Å². The number of benzene rings is 1. The molecule has 0 N–H and O–H groups in total. The van der Waals surface area contributed by atoms with E-state index in [1.165, 1.54) is 6.07 Å². The van der Waals surface area contributed by atoms with Crippen molar-refractivity contribution in [3.8, 4) is 0 Å². The highest BCUT2D eigenvalue weighted by Gasteiger charge is 2.21. The molecule has 0 bridgehead atoms. The minimum Gasteiger partial charge on any atom is -0.462 e. The standard InChI is InChI=1S/C11H11BrCl2O4S/c1-2-3-4-18-11(15)7-5-10(19(14,16)17)8(12)6-9(7)13/h5-6H,2-4H2,1H3. The van der Waals surface area contributed by atoms with Crippen molar-refractivity contribution in [2.75, 3.05) is 6.61 Å². The smallest absolute Gasteiger partial charge is 0.339 e. The second kappa shape index (κ2) is 6.92. The Bertz CT molecular complexity index is 587. The van der Waals surface area contributed by atoms with E-state index >= 15 is 0 Å². The third-order valence-electron chi connectivity index (χ3n) is 2.24. The van der Waals surface area contributed by atoms with E-state index in [2.05, 4.69) is 15.9 Å². The zero-order valence-corrected chi connectivity index (χ0v) is 13.9. The topological polar surface area (TPSA) is 60.4 Å². The number of hydrogen-bond acceptors (Lipinski definition) is 4. The molecule has 8 heteroatoms. The summed E-state index contributed by atoms with van der Waals surface area (Å²) >= 11 is 8.92. The predicted octanol–water partition coefficient (Wildman–Crippen LogP) is 3.99. The Morgan fingerprint density at radius 2 is 2.05 bits per heavy atom.